The van der Waals surface area contributed by atoms with Gasteiger partial charge in [-0.05, 0) is 42.9 Å². The average Bonchev–Trinajstić information content (AvgIpc) is 2.91. The van der Waals surface area contributed by atoms with E-state index < -0.39 is 0 Å². The minimum atomic E-state index is 0.120. The first-order valence-electron chi connectivity index (χ1n) is 6.91. The fraction of sp³-hybridized carbons (Fsp3) is 0.533. The quantitative estimate of drug-likeness (QED) is 0.863. The van der Waals surface area contributed by atoms with E-state index >= 15 is 0 Å². The Bertz CT molecular complexity index is 483. The van der Waals surface area contributed by atoms with Crippen molar-refractivity contribution < 1.29 is 9.53 Å². The van der Waals surface area contributed by atoms with Gasteiger partial charge in [-0.15, -0.1) is 0 Å². The maximum Gasteiger partial charge on any atom is 0.224 e. The lowest BCUT2D eigenvalue weighted by molar-refractivity contribution is -0.116. The highest BCUT2D eigenvalue weighted by Gasteiger charge is 2.22. The number of benzene rings is 1. The SMILES string of the molecule is O=C1CCc2cc(C(Br)CC3CCCO3)ccc2N1. The zero-order valence-corrected chi connectivity index (χ0v) is 12.4. The molecule has 0 saturated carbocycles. The first kappa shape index (κ1) is 13.1. The number of ether oxygens (including phenoxy) is 1. The number of fused-ring (bicyclic) bond motifs is 1. The molecule has 4 heteroatoms. The summed E-state index contributed by atoms with van der Waals surface area (Å²) in [6.07, 6.45) is 5.19. The van der Waals surface area contributed by atoms with Crippen LogP contribution < -0.4 is 5.32 Å². The largest absolute Gasteiger partial charge is 0.378 e. The summed E-state index contributed by atoms with van der Waals surface area (Å²) in [4.78, 5) is 11.7. The molecule has 0 aliphatic carbocycles. The van der Waals surface area contributed by atoms with Gasteiger partial charge in [-0.3, -0.25) is 4.79 Å². The maximum atomic E-state index is 11.3. The summed E-state index contributed by atoms with van der Waals surface area (Å²) in [6.45, 7) is 0.903. The molecule has 1 amide bonds. The van der Waals surface area contributed by atoms with Crippen LogP contribution >= 0.6 is 15.9 Å². The number of carbonyl (C=O) groups excluding carboxylic acids is 1. The normalized spacial score (nSPS) is 23.8. The number of carbonyl (C=O) groups is 1. The molecule has 1 aromatic carbocycles. The van der Waals surface area contributed by atoms with Gasteiger partial charge in [0.05, 0.1) is 6.10 Å². The number of aryl methyl sites for hydroxylation is 1. The highest BCUT2D eigenvalue weighted by molar-refractivity contribution is 9.09. The second-order valence-electron chi connectivity index (χ2n) is 5.30. The van der Waals surface area contributed by atoms with Crippen molar-refractivity contribution in [1.82, 2.24) is 0 Å². The molecule has 0 bridgehead atoms. The lowest BCUT2D eigenvalue weighted by Crippen LogP contribution is -2.19. The molecule has 102 valence electrons. The summed E-state index contributed by atoms with van der Waals surface area (Å²) in [5, 5.41) is 2.92. The molecule has 2 aliphatic heterocycles. The Morgan fingerprint density at radius 2 is 2.32 bits per heavy atom. The van der Waals surface area contributed by atoms with Crippen LogP contribution in [0.3, 0.4) is 0 Å². The molecule has 0 spiro atoms. The molecule has 1 saturated heterocycles. The van der Waals surface area contributed by atoms with Gasteiger partial charge in [0.25, 0.3) is 0 Å². The summed E-state index contributed by atoms with van der Waals surface area (Å²) in [6, 6.07) is 6.33. The molecule has 3 nitrogen and oxygen atoms in total. The number of hydrogen-bond donors (Lipinski definition) is 1. The summed E-state index contributed by atoms with van der Waals surface area (Å²) < 4.78 is 5.68. The molecule has 1 aromatic rings. The summed E-state index contributed by atoms with van der Waals surface area (Å²) in [7, 11) is 0. The van der Waals surface area contributed by atoms with E-state index in [4.69, 9.17) is 4.74 Å². The molecule has 2 unspecified atom stereocenters. The van der Waals surface area contributed by atoms with E-state index in [1.165, 1.54) is 24.0 Å². The minimum Gasteiger partial charge on any atom is -0.378 e. The van der Waals surface area contributed by atoms with Crippen LogP contribution in [-0.4, -0.2) is 18.6 Å². The van der Waals surface area contributed by atoms with Gasteiger partial charge in [-0.2, -0.15) is 0 Å². The van der Waals surface area contributed by atoms with Crippen LogP contribution in [0.5, 0.6) is 0 Å². The minimum absolute atomic E-state index is 0.120. The third-order valence-electron chi connectivity index (χ3n) is 3.88. The van der Waals surface area contributed by atoms with Gasteiger partial charge >= 0.3 is 0 Å². The first-order valence-corrected chi connectivity index (χ1v) is 7.82. The van der Waals surface area contributed by atoms with Crippen molar-refractivity contribution in [1.29, 1.82) is 0 Å². The van der Waals surface area contributed by atoms with E-state index in [0.717, 1.165) is 25.1 Å². The van der Waals surface area contributed by atoms with Crippen LogP contribution in [0.4, 0.5) is 5.69 Å². The van der Waals surface area contributed by atoms with Crippen molar-refractivity contribution in [3.05, 3.63) is 29.3 Å². The standard InChI is InChI=1S/C15H18BrNO2/c16-13(9-12-2-1-7-19-12)10-3-5-14-11(8-10)4-6-15(18)17-14/h3,5,8,12-13H,1-2,4,6-7,9H2,(H,17,18). The fourth-order valence-corrected chi connectivity index (χ4v) is 3.50. The molecular weight excluding hydrogens is 306 g/mol. The molecule has 1 fully saturated rings. The van der Waals surface area contributed by atoms with Crippen molar-refractivity contribution >= 4 is 27.5 Å². The highest BCUT2D eigenvalue weighted by atomic mass is 79.9. The average molecular weight is 324 g/mol. The van der Waals surface area contributed by atoms with Gasteiger partial charge in [0.1, 0.15) is 0 Å². The van der Waals surface area contributed by atoms with Crippen LogP contribution in [0.25, 0.3) is 0 Å². The number of alkyl halides is 1. The van der Waals surface area contributed by atoms with Crippen LogP contribution in [0.1, 0.15) is 41.6 Å². The zero-order valence-electron chi connectivity index (χ0n) is 10.8. The Kier molecular flexibility index (Phi) is 3.89. The van der Waals surface area contributed by atoms with E-state index in [9.17, 15) is 4.79 Å². The van der Waals surface area contributed by atoms with Crippen LogP contribution in [0, 0.1) is 0 Å². The molecule has 2 atom stereocenters. The van der Waals surface area contributed by atoms with Crippen molar-refractivity contribution in [3.8, 4) is 0 Å². The second kappa shape index (κ2) is 5.63. The summed E-state index contributed by atoms with van der Waals surface area (Å²) >= 11 is 3.77. The number of halogens is 1. The topological polar surface area (TPSA) is 38.3 Å². The molecule has 0 aromatic heterocycles. The van der Waals surface area contributed by atoms with Gasteiger partial charge in [-0.1, -0.05) is 28.1 Å². The van der Waals surface area contributed by atoms with E-state index in [2.05, 4.69) is 33.4 Å². The molecule has 2 aliphatic rings. The van der Waals surface area contributed by atoms with Crippen LogP contribution in [0.15, 0.2) is 18.2 Å². The van der Waals surface area contributed by atoms with Crippen molar-refractivity contribution in [2.75, 3.05) is 11.9 Å². The predicted octanol–water partition coefficient (Wildman–Crippen LogP) is 3.58. The van der Waals surface area contributed by atoms with Crippen LogP contribution in [-0.2, 0) is 16.0 Å². The lowest BCUT2D eigenvalue weighted by Gasteiger charge is -2.20. The van der Waals surface area contributed by atoms with Gasteiger partial charge in [-0.25, -0.2) is 0 Å². The molecule has 19 heavy (non-hydrogen) atoms. The van der Waals surface area contributed by atoms with E-state index in [0.29, 0.717) is 17.4 Å². The van der Waals surface area contributed by atoms with E-state index in [1.807, 2.05) is 6.07 Å². The van der Waals surface area contributed by atoms with Crippen LogP contribution in [0.2, 0.25) is 0 Å². The van der Waals surface area contributed by atoms with Crippen molar-refractivity contribution in [2.45, 2.75) is 43.0 Å². The third kappa shape index (κ3) is 3.00. The third-order valence-corrected chi connectivity index (χ3v) is 4.78. The second-order valence-corrected chi connectivity index (χ2v) is 6.41. The molecule has 1 N–H and O–H groups in total. The molecule has 3 rings (SSSR count). The summed E-state index contributed by atoms with van der Waals surface area (Å²) in [5.74, 6) is 0.120. The van der Waals surface area contributed by atoms with Crippen molar-refractivity contribution in [2.24, 2.45) is 0 Å². The monoisotopic (exact) mass is 323 g/mol. The number of amides is 1. The Labute approximate surface area is 121 Å². The molecule has 0 radical (unpaired) electrons. The first-order chi connectivity index (χ1) is 9.22. The Morgan fingerprint density at radius 3 is 3.11 bits per heavy atom. The smallest absolute Gasteiger partial charge is 0.224 e. The Balaban J connectivity index is 1.72. The predicted molar refractivity (Wildman–Crippen MR) is 78.7 cm³/mol. The fourth-order valence-electron chi connectivity index (χ4n) is 2.80. The number of nitrogens with one attached hydrogen (secondary N) is 1. The lowest BCUT2D eigenvalue weighted by atomic mass is 9.97. The van der Waals surface area contributed by atoms with E-state index in [-0.39, 0.29) is 5.91 Å². The highest BCUT2D eigenvalue weighted by Crippen LogP contribution is 2.34. The van der Waals surface area contributed by atoms with E-state index in [1.54, 1.807) is 0 Å². The maximum absolute atomic E-state index is 11.3. The Morgan fingerprint density at radius 1 is 1.42 bits per heavy atom. The van der Waals surface area contributed by atoms with Gasteiger partial charge < -0.3 is 10.1 Å². The summed E-state index contributed by atoms with van der Waals surface area (Å²) in [5.41, 5.74) is 3.50. The Hall–Kier alpha value is -0.870. The zero-order chi connectivity index (χ0) is 13.2. The van der Waals surface area contributed by atoms with Gasteiger partial charge in [0.2, 0.25) is 5.91 Å². The van der Waals surface area contributed by atoms with Gasteiger partial charge in [0.15, 0.2) is 0 Å². The van der Waals surface area contributed by atoms with Crippen molar-refractivity contribution in [3.63, 3.8) is 0 Å². The number of anilines is 1. The number of hydrogen-bond acceptors (Lipinski definition) is 2. The molecule has 2 heterocycles. The molecular formula is C15H18BrNO2. The van der Waals surface area contributed by atoms with Gasteiger partial charge in [0, 0.05) is 23.5 Å². The number of rotatable bonds is 3.